The minimum atomic E-state index is -3.34. The van der Waals surface area contributed by atoms with Crippen LogP contribution in [-0.2, 0) is 14.3 Å². The Morgan fingerprint density at radius 2 is 1.65 bits per heavy atom. The van der Waals surface area contributed by atoms with Crippen LogP contribution in [0.2, 0.25) is 25.2 Å². The molecule has 1 rings (SSSR count). The molecule has 120 valence electrons. The molecule has 5 heteroatoms. The fraction of sp³-hybridized carbons (Fsp3) is 1.00. The van der Waals surface area contributed by atoms with Gasteiger partial charge in [0.1, 0.15) is 0 Å². The van der Waals surface area contributed by atoms with Gasteiger partial charge in [-0.25, -0.2) is 0 Å². The second kappa shape index (κ2) is 6.92. The molecule has 0 radical (unpaired) electrons. The molecule has 3 nitrogen and oxygen atoms in total. The van der Waals surface area contributed by atoms with Crippen LogP contribution in [0.3, 0.4) is 0 Å². The smallest absolute Gasteiger partial charge is 0.264 e. The van der Waals surface area contributed by atoms with Gasteiger partial charge in [-0.05, 0) is 18.4 Å². The molecule has 0 bridgehead atoms. The van der Waals surface area contributed by atoms with Crippen molar-refractivity contribution in [1.82, 2.24) is 0 Å². The van der Waals surface area contributed by atoms with E-state index < -0.39 is 18.2 Å². The Labute approximate surface area is 126 Å². The molecule has 1 fully saturated rings. The Balaban J connectivity index is 2.47. The number of hydrogen-bond donors (Lipinski definition) is 0. The van der Waals surface area contributed by atoms with Crippen LogP contribution < -0.4 is 0 Å². The summed E-state index contributed by atoms with van der Waals surface area (Å²) in [6.07, 6.45) is 10.5. The lowest BCUT2D eigenvalue weighted by Gasteiger charge is -2.23. The molecule has 20 heavy (non-hydrogen) atoms. The second-order valence-electron chi connectivity index (χ2n) is 7.49. The lowest BCUT2D eigenvalue weighted by molar-refractivity contribution is 0.173. The molecule has 0 aliphatic heterocycles. The van der Waals surface area contributed by atoms with Gasteiger partial charge in [0.25, 0.3) is 10.1 Å². The third-order valence-electron chi connectivity index (χ3n) is 4.34. The third kappa shape index (κ3) is 5.86. The molecule has 0 aromatic heterocycles. The standard InChI is InChI=1S/C15H32O3SSi/c1-6-7-8-9-10-11-12-15(18-19(2,16)17)13-14(15)20(3,4)5/h14H,6-13H2,1-5H3/t14-,15-/m1/s1. The van der Waals surface area contributed by atoms with E-state index in [-0.39, 0.29) is 5.60 Å². The molecule has 0 heterocycles. The SMILES string of the molecule is CCCCCCCC[C@@]1(OS(C)(=O)=O)C[C@H]1[Si](C)(C)C. The Bertz CT molecular complexity index is 400. The highest BCUT2D eigenvalue weighted by Crippen LogP contribution is 2.61. The summed E-state index contributed by atoms with van der Waals surface area (Å²) in [5.74, 6) is 0. The van der Waals surface area contributed by atoms with Gasteiger partial charge in [0.05, 0.1) is 19.9 Å². The molecule has 0 aromatic carbocycles. The van der Waals surface area contributed by atoms with Crippen LogP contribution in [0.15, 0.2) is 0 Å². The molecule has 1 aliphatic carbocycles. The predicted molar refractivity (Wildman–Crippen MR) is 88.4 cm³/mol. The van der Waals surface area contributed by atoms with E-state index in [1.165, 1.54) is 38.4 Å². The van der Waals surface area contributed by atoms with E-state index in [9.17, 15) is 8.42 Å². The van der Waals surface area contributed by atoms with Crippen LogP contribution in [0.25, 0.3) is 0 Å². The summed E-state index contributed by atoms with van der Waals surface area (Å²) in [5.41, 5.74) is 0.156. The van der Waals surface area contributed by atoms with Gasteiger partial charge < -0.3 is 0 Å². The molecular weight excluding hydrogens is 288 g/mol. The first-order valence-electron chi connectivity index (χ1n) is 8.01. The van der Waals surface area contributed by atoms with Crippen LogP contribution in [0.1, 0.15) is 58.3 Å². The molecular formula is C15H32O3SSi. The lowest BCUT2D eigenvalue weighted by atomic mass is 10.1. The number of unbranched alkanes of at least 4 members (excludes halogenated alkanes) is 5. The minimum Gasteiger partial charge on any atom is -0.264 e. The monoisotopic (exact) mass is 320 g/mol. The molecule has 1 saturated carbocycles. The Hall–Kier alpha value is 0.127. The summed E-state index contributed by atoms with van der Waals surface area (Å²) >= 11 is 0. The zero-order valence-electron chi connectivity index (χ0n) is 13.9. The van der Waals surface area contributed by atoms with Gasteiger partial charge in [0, 0.05) is 0 Å². The Morgan fingerprint density at radius 3 is 2.10 bits per heavy atom. The molecule has 0 saturated heterocycles. The quantitative estimate of drug-likeness (QED) is 0.336. The van der Waals surface area contributed by atoms with Crippen LogP contribution in [0.5, 0.6) is 0 Å². The maximum atomic E-state index is 11.5. The van der Waals surface area contributed by atoms with Gasteiger partial charge in [0.2, 0.25) is 0 Å². The largest absolute Gasteiger partial charge is 0.264 e. The van der Waals surface area contributed by atoms with Crippen molar-refractivity contribution in [3.8, 4) is 0 Å². The van der Waals surface area contributed by atoms with Crippen molar-refractivity contribution in [1.29, 1.82) is 0 Å². The van der Waals surface area contributed by atoms with Gasteiger partial charge in [-0.3, -0.25) is 4.18 Å². The van der Waals surface area contributed by atoms with Crippen LogP contribution in [0.4, 0.5) is 0 Å². The van der Waals surface area contributed by atoms with Crippen molar-refractivity contribution in [3.63, 3.8) is 0 Å². The average Bonchev–Trinajstić information content (AvgIpc) is 2.95. The number of rotatable bonds is 10. The van der Waals surface area contributed by atoms with Crippen LogP contribution >= 0.6 is 0 Å². The number of hydrogen-bond acceptors (Lipinski definition) is 3. The maximum Gasteiger partial charge on any atom is 0.264 e. The molecule has 0 unspecified atom stereocenters. The van der Waals surface area contributed by atoms with E-state index in [1.54, 1.807) is 0 Å². The fourth-order valence-corrected chi connectivity index (χ4v) is 6.99. The van der Waals surface area contributed by atoms with E-state index in [0.29, 0.717) is 5.54 Å². The first-order chi connectivity index (χ1) is 9.11. The zero-order valence-corrected chi connectivity index (χ0v) is 15.7. The molecule has 0 N–H and O–H groups in total. The minimum absolute atomic E-state index is 0.344. The Kier molecular flexibility index (Phi) is 6.29. The first-order valence-corrected chi connectivity index (χ1v) is 13.4. The van der Waals surface area contributed by atoms with Gasteiger partial charge in [0.15, 0.2) is 0 Å². The van der Waals surface area contributed by atoms with E-state index in [0.717, 1.165) is 19.3 Å². The average molecular weight is 321 g/mol. The van der Waals surface area contributed by atoms with Gasteiger partial charge in [-0.1, -0.05) is 65.1 Å². The van der Waals surface area contributed by atoms with E-state index in [1.807, 2.05) is 0 Å². The van der Waals surface area contributed by atoms with Crippen LogP contribution in [0, 0.1) is 0 Å². The van der Waals surface area contributed by atoms with Crippen molar-refractivity contribution < 1.29 is 12.6 Å². The highest BCUT2D eigenvalue weighted by molar-refractivity contribution is 7.86. The Morgan fingerprint density at radius 1 is 1.10 bits per heavy atom. The van der Waals surface area contributed by atoms with Gasteiger partial charge in [-0.2, -0.15) is 8.42 Å². The van der Waals surface area contributed by atoms with E-state index in [4.69, 9.17) is 4.18 Å². The summed E-state index contributed by atoms with van der Waals surface area (Å²) in [6.45, 7) is 9.16. The maximum absolute atomic E-state index is 11.5. The molecule has 0 spiro atoms. The van der Waals surface area contributed by atoms with E-state index in [2.05, 4.69) is 26.6 Å². The fourth-order valence-electron chi connectivity index (χ4n) is 3.30. The molecule has 2 atom stereocenters. The summed E-state index contributed by atoms with van der Waals surface area (Å²) in [4.78, 5) is 0. The highest BCUT2D eigenvalue weighted by Gasteiger charge is 2.61. The third-order valence-corrected chi connectivity index (χ3v) is 7.80. The van der Waals surface area contributed by atoms with Crippen molar-refractivity contribution in [3.05, 3.63) is 0 Å². The molecule has 0 aromatic rings. The van der Waals surface area contributed by atoms with Gasteiger partial charge in [-0.15, -0.1) is 0 Å². The van der Waals surface area contributed by atoms with Gasteiger partial charge >= 0.3 is 0 Å². The zero-order chi connectivity index (χ0) is 15.4. The predicted octanol–water partition coefficient (Wildman–Crippen LogP) is 4.56. The summed E-state index contributed by atoms with van der Waals surface area (Å²) in [6, 6.07) is 0. The molecule has 1 aliphatic rings. The van der Waals surface area contributed by atoms with Crippen molar-refractivity contribution in [2.45, 2.75) is 89.1 Å². The molecule has 0 amide bonds. The topological polar surface area (TPSA) is 43.4 Å². The summed E-state index contributed by atoms with van der Waals surface area (Å²) < 4.78 is 28.6. The second-order valence-corrected chi connectivity index (χ2v) is 14.5. The van der Waals surface area contributed by atoms with Crippen molar-refractivity contribution in [2.24, 2.45) is 0 Å². The highest BCUT2D eigenvalue weighted by atomic mass is 32.2. The lowest BCUT2D eigenvalue weighted by Crippen LogP contribution is -2.30. The van der Waals surface area contributed by atoms with Crippen LogP contribution in [-0.4, -0.2) is 28.3 Å². The van der Waals surface area contributed by atoms with E-state index >= 15 is 0 Å². The first kappa shape index (κ1) is 18.2. The van der Waals surface area contributed by atoms with Crippen molar-refractivity contribution in [2.75, 3.05) is 6.26 Å². The normalized spacial score (nSPS) is 26.8. The summed E-state index contributed by atoms with van der Waals surface area (Å²) in [5, 5.41) is 0. The summed E-state index contributed by atoms with van der Waals surface area (Å²) in [7, 11) is -4.67. The van der Waals surface area contributed by atoms with Crippen molar-refractivity contribution >= 4 is 18.2 Å².